The van der Waals surface area contributed by atoms with Gasteiger partial charge < -0.3 is 21.3 Å². The molecule has 0 radical (unpaired) electrons. The third kappa shape index (κ3) is 2.12. The number of benzene rings is 1. The summed E-state index contributed by atoms with van der Waals surface area (Å²) < 4.78 is 13.3. The van der Waals surface area contributed by atoms with E-state index in [0.717, 1.165) is 6.07 Å². The zero-order valence-electron chi connectivity index (χ0n) is 10.8. The maximum atomic E-state index is 13.3. The number of carboxylic acids is 1. The summed E-state index contributed by atoms with van der Waals surface area (Å²) in [5.41, 5.74) is 4.74. The molecule has 5 N–H and O–H groups in total. The fourth-order valence-corrected chi connectivity index (χ4v) is 2.28. The van der Waals surface area contributed by atoms with Crippen LogP contribution in [0.1, 0.15) is 30.6 Å². The van der Waals surface area contributed by atoms with E-state index >= 15 is 0 Å². The Morgan fingerprint density at radius 3 is 2.63 bits per heavy atom. The van der Waals surface area contributed by atoms with E-state index in [-0.39, 0.29) is 28.4 Å². The fraction of sp³-hybridized carbons (Fsp3) is 0.462. The monoisotopic (exact) mass is 268 g/mol. The molecule has 5 nitrogen and oxygen atoms in total. The molecule has 19 heavy (non-hydrogen) atoms. The molecule has 1 aromatic rings. The third-order valence-corrected chi connectivity index (χ3v) is 3.95. The molecule has 2 unspecified atom stereocenters. The topological polar surface area (TPSA) is 95.6 Å². The molecule has 2 atom stereocenters. The molecule has 104 valence electrons. The Hall–Kier alpha value is -1.82. The lowest BCUT2D eigenvalue weighted by atomic mass is 9.64. The molecule has 2 rings (SSSR count). The van der Waals surface area contributed by atoms with E-state index in [2.05, 4.69) is 5.32 Å². The molecular weight excluding hydrogens is 251 g/mol. The van der Waals surface area contributed by atoms with Gasteiger partial charge >= 0.3 is 5.97 Å². The van der Waals surface area contributed by atoms with Gasteiger partial charge in [0.2, 0.25) is 0 Å². The van der Waals surface area contributed by atoms with Crippen molar-refractivity contribution in [3.05, 3.63) is 23.5 Å². The zero-order valence-corrected chi connectivity index (χ0v) is 10.8. The summed E-state index contributed by atoms with van der Waals surface area (Å²) in [6.45, 7) is 3.76. The summed E-state index contributed by atoms with van der Waals surface area (Å²) in [5, 5.41) is 21.8. The van der Waals surface area contributed by atoms with Crippen molar-refractivity contribution in [2.24, 2.45) is 5.41 Å². The summed E-state index contributed by atoms with van der Waals surface area (Å²) in [4.78, 5) is 11.2. The maximum Gasteiger partial charge on any atom is 0.340 e. The lowest BCUT2D eigenvalue weighted by Crippen LogP contribution is -2.57. The number of hydrogen-bond acceptors (Lipinski definition) is 4. The number of hydrogen-bond donors (Lipinski definition) is 4. The number of aliphatic hydroxyl groups is 1. The minimum Gasteiger partial charge on any atom is -0.478 e. The molecule has 1 fully saturated rings. The highest BCUT2D eigenvalue weighted by Gasteiger charge is 2.47. The molecule has 1 saturated carbocycles. The first-order valence-electron chi connectivity index (χ1n) is 6.01. The van der Waals surface area contributed by atoms with Gasteiger partial charge in [0.1, 0.15) is 11.4 Å². The number of nitrogens with two attached hydrogens (primary N) is 1. The number of halogens is 1. The first-order valence-corrected chi connectivity index (χ1v) is 6.01. The van der Waals surface area contributed by atoms with E-state index in [0.29, 0.717) is 6.42 Å². The van der Waals surface area contributed by atoms with Gasteiger partial charge in [-0.2, -0.15) is 0 Å². The van der Waals surface area contributed by atoms with Crippen LogP contribution in [0, 0.1) is 11.2 Å². The standard InChI is InChI=1S/C13H17FN2O3/c1-13(2)8(5-9(13)17)16-7-4-3-6(14)11(15)10(7)12(18)19/h3-4,8-9,16-17H,5,15H2,1-2H3,(H,18,19). The number of nitrogen functional groups attached to an aromatic ring is 1. The molecule has 0 saturated heterocycles. The number of carboxylic acid groups (broad SMARTS) is 1. The van der Waals surface area contributed by atoms with Crippen LogP contribution in [-0.2, 0) is 0 Å². The third-order valence-electron chi connectivity index (χ3n) is 3.95. The van der Waals surface area contributed by atoms with E-state index in [9.17, 15) is 14.3 Å². The predicted molar refractivity (Wildman–Crippen MR) is 69.6 cm³/mol. The van der Waals surface area contributed by atoms with Crippen LogP contribution in [0.2, 0.25) is 0 Å². The van der Waals surface area contributed by atoms with Crippen LogP contribution in [-0.4, -0.2) is 28.3 Å². The van der Waals surface area contributed by atoms with Crippen molar-refractivity contribution >= 4 is 17.3 Å². The Morgan fingerprint density at radius 1 is 1.53 bits per heavy atom. The van der Waals surface area contributed by atoms with Crippen molar-refractivity contribution in [2.45, 2.75) is 32.4 Å². The van der Waals surface area contributed by atoms with Crippen LogP contribution in [0.5, 0.6) is 0 Å². The molecule has 1 aliphatic carbocycles. The van der Waals surface area contributed by atoms with E-state index in [1.807, 2.05) is 13.8 Å². The first kappa shape index (κ1) is 13.6. The molecule has 0 bridgehead atoms. The quantitative estimate of drug-likeness (QED) is 0.625. The molecular formula is C13H17FN2O3. The Balaban J connectivity index is 2.32. The average molecular weight is 268 g/mol. The maximum absolute atomic E-state index is 13.3. The SMILES string of the molecule is CC1(C)C(O)CC1Nc1ccc(F)c(N)c1C(=O)O. The number of nitrogens with one attached hydrogen (secondary N) is 1. The van der Waals surface area contributed by atoms with Crippen molar-refractivity contribution in [2.75, 3.05) is 11.1 Å². The normalized spacial score (nSPS) is 24.6. The molecule has 1 aliphatic rings. The zero-order chi connectivity index (χ0) is 14.4. The highest BCUT2D eigenvalue weighted by molar-refractivity contribution is 6.00. The summed E-state index contributed by atoms with van der Waals surface area (Å²) in [5.74, 6) is -2.03. The van der Waals surface area contributed by atoms with Gasteiger partial charge in [0, 0.05) is 11.5 Å². The molecule has 0 heterocycles. The van der Waals surface area contributed by atoms with Gasteiger partial charge in [-0.05, 0) is 18.6 Å². The Bertz CT molecular complexity index is 531. The first-order chi connectivity index (χ1) is 8.75. The van der Waals surface area contributed by atoms with Crippen LogP contribution in [0.25, 0.3) is 0 Å². The van der Waals surface area contributed by atoms with E-state index in [4.69, 9.17) is 10.8 Å². The predicted octanol–water partition coefficient (Wildman–Crippen LogP) is 1.68. The summed E-state index contributed by atoms with van der Waals surface area (Å²) >= 11 is 0. The van der Waals surface area contributed by atoms with Gasteiger partial charge in [-0.3, -0.25) is 0 Å². The van der Waals surface area contributed by atoms with Gasteiger partial charge in [0.25, 0.3) is 0 Å². The highest BCUT2D eigenvalue weighted by atomic mass is 19.1. The second kappa shape index (κ2) is 4.38. The Kier molecular flexibility index (Phi) is 3.14. The smallest absolute Gasteiger partial charge is 0.340 e. The van der Waals surface area contributed by atoms with Crippen LogP contribution in [0.15, 0.2) is 12.1 Å². The van der Waals surface area contributed by atoms with Crippen molar-refractivity contribution in [3.8, 4) is 0 Å². The lowest BCUT2D eigenvalue weighted by Gasteiger charge is -2.50. The second-order valence-corrected chi connectivity index (χ2v) is 5.46. The molecule has 6 heteroatoms. The lowest BCUT2D eigenvalue weighted by molar-refractivity contribution is -0.0510. The Morgan fingerprint density at radius 2 is 2.16 bits per heavy atom. The van der Waals surface area contributed by atoms with Crippen molar-refractivity contribution in [1.29, 1.82) is 0 Å². The van der Waals surface area contributed by atoms with Gasteiger partial charge in [-0.1, -0.05) is 13.8 Å². The fourth-order valence-electron chi connectivity index (χ4n) is 2.28. The number of rotatable bonds is 3. The number of anilines is 2. The van der Waals surface area contributed by atoms with Gasteiger partial charge in [0.15, 0.2) is 0 Å². The molecule has 1 aromatic carbocycles. The Labute approximate surface area is 110 Å². The molecule has 0 spiro atoms. The van der Waals surface area contributed by atoms with Crippen LogP contribution < -0.4 is 11.1 Å². The van der Waals surface area contributed by atoms with Gasteiger partial charge in [0.05, 0.1) is 17.5 Å². The number of aromatic carboxylic acids is 1. The van der Waals surface area contributed by atoms with Crippen LogP contribution in [0.4, 0.5) is 15.8 Å². The number of carbonyl (C=O) groups is 1. The van der Waals surface area contributed by atoms with Gasteiger partial charge in [-0.25, -0.2) is 9.18 Å². The van der Waals surface area contributed by atoms with Crippen molar-refractivity contribution < 1.29 is 19.4 Å². The highest BCUT2D eigenvalue weighted by Crippen LogP contribution is 2.43. The summed E-state index contributed by atoms with van der Waals surface area (Å²) in [6, 6.07) is 2.41. The minimum absolute atomic E-state index is 0.0783. The van der Waals surface area contributed by atoms with Crippen LogP contribution in [0.3, 0.4) is 0 Å². The largest absolute Gasteiger partial charge is 0.478 e. The minimum atomic E-state index is -1.28. The van der Waals surface area contributed by atoms with Crippen molar-refractivity contribution in [3.63, 3.8) is 0 Å². The molecule has 0 aliphatic heterocycles. The van der Waals surface area contributed by atoms with Crippen LogP contribution >= 0.6 is 0 Å². The summed E-state index contributed by atoms with van der Waals surface area (Å²) in [6.07, 6.45) is 0.0830. The molecule has 0 amide bonds. The molecule has 0 aromatic heterocycles. The van der Waals surface area contributed by atoms with Crippen molar-refractivity contribution in [1.82, 2.24) is 0 Å². The van der Waals surface area contributed by atoms with E-state index < -0.39 is 17.9 Å². The van der Waals surface area contributed by atoms with Gasteiger partial charge in [-0.15, -0.1) is 0 Å². The van der Waals surface area contributed by atoms with E-state index in [1.54, 1.807) is 0 Å². The average Bonchev–Trinajstić information content (AvgIpc) is 2.33. The van der Waals surface area contributed by atoms with E-state index in [1.165, 1.54) is 6.07 Å². The number of aliphatic hydroxyl groups excluding tert-OH is 1. The summed E-state index contributed by atoms with van der Waals surface area (Å²) in [7, 11) is 0. The second-order valence-electron chi connectivity index (χ2n) is 5.46.